The van der Waals surface area contributed by atoms with E-state index < -0.39 is 11.7 Å². The Morgan fingerprint density at radius 2 is 1.76 bits per heavy atom. The van der Waals surface area contributed by atoms with Gasteiger partial charge in [0.1, 0.15) is 5.52 Å². The first-order chi connectivity index (χ1) is 21.5. The standard InChI is InChI=1S/C36H39F3N4O2/c1-22(2)31-17-26(19-40)18-32-33(31)45-35(43-32)29-10-8-28(9-11-29)34(44)42-21-25-6-4-24(5-7-25)12-13-41-20-27-14-23(3)15-30(16-27)36(37,38)39/h8-11,14-18,22,24-25,41H,4-7,12-13,20-21H2,1-3H3,(H,42,44). The van der Waals surface area contributed by atoms with Crippen molar-refractivity contribution in [3.63, 3.8) is 0 Å². The van der Waals surface area contributed by atoms with Gasteiger partial charge in [-0.1, -0.05) is 38.3 Å². The maximum Gasteiger partial charge on any atom is 0.416 e. The van der Waals surface area contributed by atoms with Crippen LogP contribution >= 0.6 is 0 Å². The molecule has 0 spiro atoms. The Morgan fingerprint density at radius 3 is 2.42 bits per heavy atom. The van der Waals surface area contributed by atoms with Crippen LogP contribution in [0.3, 0.4) is 0 Å². The molecular weight excluding hydrogens is 577 g/mol. The SMILES string of the molecule is Cc1cc(CNCCC2CCC(CNC(=O)c3ccc(-c4nc5cc(C#N)cc(C(C)C)c5o4)cc3)CC2)cc(C(F)(F)F)c1. The van der Waals surface area contributed by atoms with Crippen LogP contribution in [0.4, 0.5) is 13.2 Å². The zero-order valence-corrected chi connectivity index (χ0v) is 25.9. The van der Waals surface area contributed by atoms with Gasteiger partial charge in [-0.2, -0.15) is 18.4 Å². The highest BCUT2D eigenvalue weighted by Gasteiger charge is 2.31. The maximum atomic E-state index is 13.1. The van der Waals surface area contributed by atoms with Crippen molar-refractivity contribution in [1.29, 1.82) is 5.26 Å². The molecule has 0 atom stereocenters. The number of hydrogen-bond donors (Lipinski definition) is 2. The molecule has 0 radical (unpaired) electrons. The number of fused-ring (bicyclic) bond motifs is 1. The summed E-state index contributed by atoms with van der Waals surface area (Å²) >= 11 is 0. The van der Waals surface area contributed by atoms with Crippen molar-refractivity contribution in [2.24, 2.45) is 11.8 Å². The molecule has 0 bridgehead atoms. The molecule has 1 aliphatic carbocycles. The zero-order chi connectivity index (χ0) is 32.1. The van der Waals surface area contributed by atoms with Gasteiger partial charge in [0.15, 0.2) is 5.58 Å². The molecule has 3 aromatic carbocycles. The molecule has 1 saturated carbocycles. The van der Waals surface area contributed by atoms with Crippen LogP contribution < -0.4 is 10.6 Å². The number of benzene rings is 3. The third kappa shape index (κ3) is 8.12. The van der Waals surface area contributed by atoms with Gasteiger partial charge in [0.05, 0.1) is 17.2 Å². The van der Waals surface area contributed by atoms with Crippen molar-refractivity contribution in [1.82, 2.24) is 15.6 Å². The van der Waals surface area contributed by atoms with Crippen molar-refractivity contribution in [3.05, 3.63) is 88.0 Å². The van der Waals surface area contributed by atoms with Crippen LogP contribution in [0, 0.1) is 30.1 Å². The molecule has 0 saturated heterocycles. The van der Waals surface area contributed by atoms with E-state index in [1.54, 1.807) is 31.2 Å². The summed E-state index contributed by atoms with van der Waals surface area (Å²) in [6, 6.07) is 17.1. The number of carbonyl (C=O) groups is 1. The Bertz CT molecular complexity index is 1680. The summed E-state index contributed by atoms with van der Waals surface area (Å²) in [7, 11) is 0. The molecule has 4 aromatic rings. The highest BCUT2D eigenvalue weighted by Crippen LogP contribution is 2.33. The second-order valence-electron chi connectivity index (χ2n) is 12.5. The highest BCUT2D eigenvalue weighted by atomic mass is 19.4. The van der Waals surface area contributed by atoms with Gasteiger partial charge in [0.2, 0.25) is 5.89 Å². The molecule has 2 N–H and O–H groups in total. The van der Waals surface area contributed by atoms with Gasteiger partial charge in [0.25, 0.3) is 5.91 Å². The highest BCUT2D eigenvalue weighted by molar-refractivity contribution is 5.94. The lowest BCUT2D eigenvalue weighted by Gasteiger charge is -2.28. The van der Waals surface area contributed by atoms with Crippen LogP contribution in [0.1, 0.15) is 90.0 Å². The molecule has 236 valence electrons. The number of amides is 1. The molecule has 1 aliphatic rings. The van der Waals surface area contributed by atoms with Gasteiger partial charge in [0, 0.05) is 29.8 Å². The minimum atomic E-state index is -4.33. The number of alkyl halides is 3. The molecule has 1 heterocycles. The number of carbonyl (C=O) groups excluding carboxylic acids is 1. The molecule has 0 aliphatic heterocycles. The fraction of sp³-hybridized carbons (Fsp3) is 0.417. The Balaban J connectivity index is 1.05. The van der Waals surface area contributed by atoms with Gasteiger partial charge in [-0.3, -0.25) is 4.79 Å². The molecule has 6 nitrogen and oxygen atoms in total. The largest absolute Gasteiger partial charge is 0.436 e. The van der Waals surface area contributed by atoms with E-state index in [2.05, 4.69) is 21.7 Å². The summed E-state index contributed by atoms with van der Waals surface area (Å²) in [5, 5.41) is 15.8. The van der Waals surface area contributed by atoms with E-state index in [9.17, 15) is 23.2 Å². The van der Waals surface area contributed by atoms with E-state index in [4.69, 9.17) is 4.42 Å². The second kappa shape index (κ2) is 13.9. The number of rotatable bonds is 10. The lowest BCUT2D eigenvalue weighted by Crippen LogP contribution is -2.31. The number of aromatic nitrogens is 1. The third-order valence-electron chi connectivity index (χ3n) is 8.70. The molecule has 9 heteroatoms. The van der Waals surface area contributed by atoms with Gasteiger partial charge in [-0.15, -0.1) is 0 Å². The summed E-state index contributed by atoms with van der Waals surface area (Å²) in [6.07, 6.45) is 0.903. The first kappa shape index (κ1) is 32.2. The molecule has 5 rings (SSSR count). The van der Waals surface area contributed by atoms with Crippen molar-refractivity contribution < 1.29 is 22.4 Å². The Labute approximate surface area is 262 Å². The van der Waals surface area contributed by atoms with Crippen molar-refractivity contribution in [3.8, 4) is 17.5 Å². The molecule has 1 fully saturated rings. The summed E-state index contributed by atoms with van der Waals surface area (Å²) in [6.45, 7) is 7.60. The first-order valence-electron chi connectivity index (χ1n) is 15.6. The van der Waals surface area contributed by atoms with E-state index in [-0.39, 0.29) is 11.8 Å². The number of oxazole rings is 1. The molecule has 1 aromatic heterocycles. The number of halogens is 3. The van der Waals surface area contributed by atoms with Crippen molar-refractivity contribution in [2.45, 2.75) is 71.5 Å². The average molecular weight is 617 g/mol. The fourth-order valence-corrected chi connectivity index (χ4v) is 6.17. The van der Waals surface area contributed by atoms with Crippen LogP contribution in [0.5, 0.6) is 0 Å². The van der Waals surface area contributed by atoms with E-state index >= 15 is 0 Å². The maximum absolute atomic E-state index is 13.1. The summed E-state index contributed by atoms with van der Waals surface area (Å²) < 4.78 is 45.4. The molecule has 1 amide bonds. The Hall–Kier alpha value is -4.16. The predicted octanol–water partition coefficient (Wildman–Crippen LogP) is 8.53. The van der Waals surface area contributed by atoms with Gasteiger partial charge in [-0.05, 0) is 105 Å². The fourth-order valence-electron chi connectivity index (χ4n) is 6.17. The molecule has 0 unspecified atom stereocenters. The van der Waals surface area contributed by atoms with Crippen LogP contribution in [0.2, 0.25) is 0 Å². The van der Waals surface area contributed by atoms with Gasteiger partial charge in [-0.25, -0.2) is 4.98 Å². The minimum Gasteiger partial charge on any atom is -0.436 e. The van der Waals surface area contributed by atoms with Crippen molar-refractivity contribution in [2.75, 3.05) is 13.1 Å². The van der Waals surface area contributed by atoms with Gasteiger partial charge >= 0.3 is 6.18 Å². The minimum absolute atomic E-state index is 0.115. The monoisotopic (exact) mass is 616 g/mol. The van der Waals surface area contributed by atoms with E-state index in [1.165, 1.54) is 12.1 Å². The van der Waals surface area contributed by atoms with Gasteiger partial charge < -0.3 is 15.1 Å². The normalized spacial score (nSPS) is 17.0. The molecular formula is C36H39F3N4O2. The average Bonchev–Trinajstić information content (AvgIpc) is 3.45. The predicted molar refractivity (Wildman–Crippen MR) is 169 cm³/mol. The zero-order valence-electron chi connectivity index (χ0n) is 25.9. The Morgan fingerprint density at radius 1 is 1.04 bits per heavy atom. The van der Waals surface area contributed by atoms with E-state index in [0.717, 1.165) is 49.8 Å². The summed E-state index contributed by atoms with van der Waals surface area (Å²) in [5.74, 6) is 1.52. The topological polar surface area (TPSA) is 91.0 Å². The van der Waals surface area contributed by atoms with Crippen molar-refractivity contribution >= 4 is 17.0 Å². The number of nitrogens with zero attached hydrogens (tertiary/aromatic N) is 2. The number of aryl methyl sites for hydroxylation is 1. The number of hydrogen-bond acceptors (Lipinski definition) is 5. The van der Waals surface area contributed by atoms with Crippen LogP contribution in [0.25, 0.3) is 22.6 Å². The smallest absolute Gasteiger partial charge is 0.416 e. The van der Waals surface area contributed by atoms with E-state index in [0.29, 0.717) is 64.2 Å². The summed E-state index contributed by atoms with van der Waals surface area (Å²) in [5.41, 5.74) is 4.80. The number of nitrogens with one attached hydrogen (secondary N) is 2. The quantitative estimate of drug-likeness (QED) is 0.174. The van der Waals surface area contributed by atoms with E-state index in [1.807, 2.05) is 32.0 Å². The number of nitriles is 1. The van der Waals surface area contributed by atoms with Crippen LogP contribution in [-0.4, -0.2) is 24.0 Å². The van der Waals surface area contributed by atoms with Crippen LogP contribution in [0.15, 0.2) is 59.0 Å². The summed E-state index contributed by atoms with van der Waals surface area (Å²) in [4.78, 5) is 17.5. The lowest BCUT2D eigenvalue weighted by atomic mass is 9.80. The Kier molecular flexibility index (Phi) is 9.93. The third-order valence-corrected chi connectivity index (χ3v) is 8.70. The van der Waals surface area contributed by atoms with Crippen LogP contribution in [-0.2, 0) is 12.7 Å². The first-order valence-corrected chi connectivity index (χ1v) is 15.6. The lowest BCUT2D eigenvalue weighted by molar-refractivity contribution is -0.137. The second-order valence-corrected chi connectivity index (χ2v) is 12.5. The molecule has 45 heavy (non-hydrogen) atoms.